The molecule has 1 aliphatic carbocycles. The van der Waals surface area contributed by atoms with Crippen LogP contribution >= 0.6 is 0 Å². The Morgan fingerprint density at radius 3 is 2.37 bits per heavy atom. The predicted molar refractivity (Wildman–Crippen MR) is 75.2 cm³/mol. The van der Waals surface area contributed by atoms with E-state index in [4.69, 9.17) is 14.2 Å². The first kappa shape index (κ1) is 13.9. The second kappa shape index (κ2) is 7.19. The molecule has 3 heteroatoms. The molecule has 1 aromatic rings. The van der Waals surface area contributed by atoms with Crippen LogP contribution in [0.4, 0.5) is 0 Å². The summed E-state index contributed by atoms with van der Waals surface area (Å²) in [5, 5.41) is 0. The molecule has 0 amide bonds. The molecule has 0 aliphatic heterocycles. The number of methoxy groups -OCH3 is 2. The summed E-state index contributed by atoms with van der Waals surface area (Å²) in [5.41, 5.74) is 2.83. The summed E-state index contributed by atoms with van der Waals surface area (Å²) in [6.07, 6.45) is 6.58. The normalized spacial score (nSPS) is 19.1. The first-order chi connectivity index (χ1) is 9.33. The van der Waals surface area contributed by atoms with Crippen molar-refractivity contribution < 1.29 is 14.2 Å². The molecule has 104 valence electrons. The number of allylic oxidation sites excluding steroid dienone is 1. The fraction of sp³-hybridized carbons (Fsp3) is 0.500. The minimum Gasteiger partial charge on any atom is -0.504 e. The minimum atomic E-state index is 0.300. The zero-order chi connectivity index (χ0) is 13.5. The maximum atomic E-state index is 5.40. The fourth-order valence-electron chi connectivity index (χ4n) is 2.57. The molecule has 1 saturated carbocycles. The van der Waals surface area contributed by atoms with E-state index in [0.29, 0.717) is 12.7 Å². The van der Waals surface area contributed by atoms with Crippen molar-refractivity contribution in [2.45, 2.75) is 31.6 Å². The van der Waals surface area contributed by atoms with Gasteiger partial charge in [-0.15, -0.1) is 0 Å². The van der Waals surface area contributed by atoms with Crippen molar-refractivity contribution in [3.63, 3.8) is 0 Å². The summed E-state index contributed by atoms with van der Waals surface area (Å²) in [6.45, 7) is 0.300. The molecule has 0 saturated heterocycles. The van der Waals surface area contributed by atoms with Crippen molar-refractivity contribution in [1.29, 1.82) is 0 Å². The molecule has 0 unspecified atom stereocenters. The van der Waals surface area contributed by atoms with Gasteiger partial charge >= 0.3 is 0 Å². The summed E-state index contributed by atoms with van der Waals surface area (Å²) in [6, 6.07) is 8.38. The molecule has 0 N–H and O–H groups in total. The van der Waals surface area contributed by atoms with Crippen molar-refractivity contribution in [1.82, 2.24) is 0 Å². The lowest BCUT2D eigenvalue weighted by molar-refractivity contribution is 0.0511. The molecule has 2 rings (SSSR count). The van der Waals surface area contributed by atoms with Crippen LogP contribution in [0.5, 0.6) is 5.75 Å². The SMILES string of the molecule is COC=C1CCC(c2ccc(OCOC)cc2)CC1. The van der Waals surface area contributed by atoms with Gasteiger partial charge in [0.1, 0.15) is 5.75 Å². The Balaban J connectivity index is 1.90. The Kier molecular flexibility index (Phi) is 5.28. The number of hydrogen-bond donors (Lipinski definition) is 0. The Labute approximate surface area is 115 Å². The summed E-state index contributed by atoms with van der Waals surface area (Å²) in [4.78, 5) is 0. The van der Waals surface area contributed by atoms with Crippen LogP contribution in [0.2, 0.25) is 0 Å². The third-order valence-corrected chi connectivity index (χ3v) is 3.61. The molecule has 0 heterocycles. The summed E-state index contributed by atoms with van der Waals surface area (Å²) < 4.78 is 15.4. The highest BCUT2D eigenvalue weighted by Gasteiger charge is 2.18. The summed E-state index contributed by atoms with van der Waals surface area (Å²) in [7, 11) is 3.35. The Morgan fingerprint density at radius 2 is 1.79 bits per heavy atom. The van der Waals surface area contributed by atoms with E-state index in [2.05, 4.69) is 12.1 Å². The third-order valence-electron chi connectivity index (χ3n) is 3.61. The zero-order valence-electron chi connectivity index (χ0n) is 11.7. The highest BCUT2D eigenvalue weighted by molar-refractivity contribution is 5.30. The smallest absolute Gasteiger partial charge is 0.188 e. The molecule has 1 aromatic carbocycles. The highest BCUT2D eigenvalue weighted by atomic mass is 16.7. The van der Waals surface area contributed by atoms with Crippen molar-refractivity contribution in [2.24, 2.45) is 0 Å². The van der Waals surface area contributed by atoms with E-state index in [0.717, 1.165) is 18.6 Å². The number of rotatable bonds is 5. The van der Waals surface area contributed by atoms with E-state index in [1.807, 2.05) is 18.4 Å². The summed E-state index contributed by atoms with van der Waals surface area (Å²) in [5.74, 6) is 1.52. The molecule has 1 fully saturated rings. The van der Waals surface area contributed by atoms with Crippen LogP contribution in [0.25, 0.3) is 0 Å². The van der Waals surface area contributed by atoms with Gasteiger partial charge in [0.15, 0.2) is 6.79 Å². The standard InChI is InChI=1S/C16H22O3/c1-17-11-13-3-5-14(6-4-13)15-7-9-16(10-8-15)19-12-18-2/h7-11,14H,3-6,12H2,1-2H3. The molecule has 0 spiro atoms. The lowest BCUT2D eigenvalue weighted by Crippen LogP contribution is -2.07. The largest absolute Gasteiger partial charge is 0.504 e. The van der Waals surface area contributed by atoms with Crippen LogP contribution in [-0.2, 0) is 9.47 Å². The number of benzene rings is 1. The quantitative estimate of drug-likeness (QED) is 0.595. The second-order valence-electron chi connectivity index (χ2n) is 4.91. The van der Waals surface area contributed by atoms with Gasteiger partial charge in [-0.25, -0.2) is 0 Å². The Hall–Kier alpha value is -1.48. The number of hydrogen-bond acceptors (Lipinski definition) is 3. The monoisotopic (exact) mass is 262 g/mol. The van der Waals surface area contributed by atoms with Gasteiger partial charge in [0.05, 0.1) is 13.4 Å². The van der Waals surface area contributed by atoms with Crippen LogP contribution in [0, 0.1) is 0 Å². The van der Waals surface area contributed by atoms with E-state index < -0.39 is 0 Å². The molecule has 19 heavy (non-hydrogen) atoms. The van der Waals surface area contributed by atoms with Gasteiger partial charge in [-0.1, -0.05) is 12.1 Å². The molecule has 3 nitrogen and oxygen atoms in total. The predicted octanol–water partition coefficient (Wildman–Crippen LogP) is 3.86. The van der Waals surface area contributed by atoms with Gasteiger partial charge < -0.3 is 14.2 Å². The van der Waals surface area contributed by atoms with Gasteiger partial charge in [0.25, 0.3) is 0 Å². The van der Waals surface area contributed by atoms with Gasteiger partial charge in [0.2, 0.25) is 0 Å². The van der Waals surface area contributed by atoms with Crippen LogP contribution in [-0.4, -0.2) is 21.0 Å². The number of ether oxygens (including phenoxy) is 3. The van der Waals surface area contributed by atoms with E-state index >= 15 is 0 Å². The minimum absolute atomic E-state index is 0.300. The topological polar surface area (TPSA) is 27.7 Å². The van der Waals surface area contributed by atoms with E-state index in [1.54, 1.807) is 14.2 Å². The first-order valence-electron chi connectivity index (χ1n) is 6.76. The third kappa shape index (κ3) is 4.00. The van der Waals surface area contributed by atoms with Gasteiger partial charge in [-0.3, -0.25) is 0 Å². The molecule has 1 aliphatic rings. The first-order valence-corrected chi connectivity index (χ1v) is 6.76. The van der Waals surface area contributed by atoms with Crippen LogP contribution in [0.1, 0.15) is 37.2 Å². The average Bonchev–Trinajstić information content (AvgIpc) is 2.47. The van der Waals surface area contributed by atoms with Crippen LogP contribution in [0.3, 0.4) is 0 Å². The maximum Gasteiger partial charge on any atom is 0.188 e. The fourth-order valence-corrected chi connectivity index (χ4v) is 2.57. The zero-order valence-corrected chi connectivity index (χ0v) is 11.7. The molecule has 0 aromatic heterocycles. The van der Waals surface area contributed by atoms with E-state index in [-0.39, 0.29) is 0 Å². The molecular formula is C16H22O3. The molecule has 0 atom stereocenters. The second-order valence-corrected chi connectivity index (χ2v) is 4.91. The highest BCUT2D eigenvalue weighted by Crippen LogP contribution is 2.35. The van der Waals surface area contributed by atoms with Crippen molar-refractivity contribution in [3.05, 3.63) is 41.7 Å². The van der Waals surface area contributed by atoms with Gasteiger partial charge in [0, 0.05) is 7.11 Å². The van der Waals surface area contributed by atoms with Crippen LogP contribution < -0.4 is 4.74 Å². The van der Waals surface area contributed by atoms with Crippen molar-refractivity contribution >= 4 is 0 Å². The van der Waals surface area contributed by atoms with Crippen molar-refractivity contribution in [2.75, 3.05) is 21.0 Å². The maximum absolute atomic E-state index is 5.40. The van der Waals surface area contributed by atoms with E-state index in [1.165, 1.54) is 24.0 Å². The van der Waals surface area contributed by atoms with Crippen molar-refractivity contribution in [3.8, 4) is 5.75 Å². The lowest BCUT2D eigenvalue weighted by atomic mass is 9.82. The molecular weight excluding hydrogens is 240 g/mol. The van der Waals surface area contributed by atoms with Gasteiger partial charge in [-0.2, -0.15) is 0 Å². The van der Waals surface area contributed by atoms with E-state index in [9.17, 15) is 0 Å². The molecule has 0 radical (unpaired) electrons. The Bertz CT molecular complexity index is 399. The summed E-state index contributed by atoms with van der Waals surface area (Å²) >= 11 is 0. The lowest BCUT2D eigenvalue weighted by Gasteiger charge is -2.24. The van der Waals surface area contributed by atoms with Gasteiger partial charge in [-0.05, 0) is 54.9 Å². The average molecular weight is 262 g/mol. The molecule has 0 bridgehead atoms. The Morgan fingerprint density at radius 1 is 1.11 bits per heavy atom. The van der Waals surface area contributed by atoms with Crippen LogP contribution in [0.15, 0.2) is 36.1 Å².